The molecule has 2 nitrogen and oxygen atoms in total. The summed E-state index contributed by atoms with van der Waals surface area (Å²) in [6, 6.07) is 0. The van der Waals surface area contributed by atoms with Crippen molar-refractivity contribution in [1.29, 1.82) is 0 Å². The van der Waals surface area contributed by atoms with Crippen LogP contribution in [0.3, 0.4) is 0 Å². The maximum absolute atomic E-state index is 12.5. The summed E-state index contributed by atoms with van der Waals surface area (Å²) in [6.07, 6.45) is 14.5. The van der Waals surface area contributed by atoms with E-state index in [0.29, 0.717) is 17.6 Å². The Hall–Kier alpha value is -0.370. The number of ether oxygens (including phenoxy) is 1. The summed E-state index contributed by atoms with van der Waals surface area (Å²) >= 11 is 0. The van der Waals surface area contributed by atoms with Gasteiger partial charge in [0.05, 0.1) is 5.60 Å². The Kier molecular flexibility index (Phi) is 4.26. The lowest BCUT2D eigenvalue weighted by molar-refractivity contribution is -0.143. The van der Waals surface area contributed by atoms with Crippen molar-refractivity contribution < 1.29 is 9.53 Å². The van der Waals surface area contributed by atoms with Crippen molar-refractivity contribution in [3.05, 3.63) is 0 Å². The number of rotatable bonds is 3. The van der Waals surface area contributed by atoms with Gasteiger partial charge in [0.15, 0.2) is 0 Å². The summed E-state index contributed by atoms with van der Waals surface area (Å²) in [5.41, 5.74) is 0.0898. The highest BCUT2D eigenvalue weighted by Crippen LogP contribution is 2.41. The van der Waals surface area contributed by atoms with Crippen LogP contribution in [-0.4, -0.2) is 18.0 Å². The highest BCUT2D eigenvalue weighted by Gasteiger charge is 2.40. The lowest BCUT2D eigenvalue weighted by Crippen LogP contribution is -2.43. The van der Waals surface area contributed by atoms with E-state index in [2.05, 4.69) is 0 Å². The molecule has 0 aromatic carbocycles. The van der Waals surface area contributed by atoms with Crippen molar-refractivity contribution in [3.8, 4) is 0 Å². The first-order valence-electron chi connectivity index (χ1n) is 8.44. The highest BCUT2D eigenvalue weighted by atomic mass is 16.5. The number of Topliss-reactive ketones (excluding diaryl/α,β-unsaturated/α-hetero) is 1. The molecule has 0 radical (unpaired) electrons. The van der Waals surface area contributed by atoms with Crippen LogP contribution in [0.4, 0.5) is 0 Å². The molecule has 2 saturated carbocycles. The minimum absolute atomic E-state index is 0.0898. The second-order valence-corrected chi connectivity index (χ2v) is 7.10. The van der Waals surface area contributed by atoms with Gasteiger partial charge < -0.3 is 4.74 Å². The molecule has 1 unspecified atom stereocenters. The summed E-state index contributed by atoms with van der Waals surface area (Å²) in [5, 5.41) is 0. The third-order valence-corrected chi connectivity index (χ3v) is 5.68. The van der Waals surface area contributed by atoms with Gasteiger partial charge in [0, 0.05) is 18.9 Å². The molecule has 3 rings (SSSR count). The Bertz CT molecular complexity index is 306. The molecule has 1 spiro atoms. The fourth-order valence-electron chi connectivity index (χ4n) is 4.51. The van der Waals surface area contributed by atoms with E-state index in [9.17, 15) is 4.79 Å². The number of carbonyl (C=O) groups is 1. The number of hydrogen-bond donors (Lipinski definition) is 0. The van der Waals surface area contributed by atoms with Crippen molar-refractivity contribution in [2.45, 2.75) is 82.7 Å². The molecule has 0 aromatic heterocycles. The zero-order valence-electron chi connectivity index (χ0n) is 12.2. The topological polar surface area (TPSA) is 26.3 Å². The van der Waals surface area contributed by atoms with Gasteiger partial charge in [-0.15, -0.1) is 0 Å². The van der Waals surface area contributed by atoms with Crippen LogP contribution in [0.5, 0.6) is 0 Å². The van der Waals surface area contributed by atoms with Gasteiger partial charge in [-0.25, -0.2) is 0 Å². The third-order valence-electron chi connectivity index (χ3n) is 5.68. The average Bonchev–Trinajstić information content (AvgIpc) is 2.92. The van der Waals surface area contributed by atoms with Crippen LogP contribution in [0, 0.1) is 11.8 Å². The summed E-state index contributed by atoms with van der Waals surface area (Å²) in [4.78, 5) is 12.5. The normalized spacial score (nSPS) is 31.7. The molecule has 0 N–H and O–H groups in total. The highest BCUT2D eigenvalue weighted by molar-refractivity contribution is 5.81. The third kappa shape index (κ3) is 3.21. The average molecular weight is 264 g/mol. The van der Waals surface area contributed by atoms with E-state index in [-0.39, 0.29) is 5.60 Å². The van der Waals surface area contributed by atoms with E-state index in [1.165, 1.54) is 57.8 Å². The minimum Gasteiger partial charge on any atom is -0.375 e. The Morgan fingerprint density at radius 1 is 1.00 bits per heavy atom. The molecule has 19 heavy (non-hydrogen) atoms. The van der Waals surface area contributed by atoms with Gasteiger partial charge in [0.1, 0.15) is 5.78 Å². The molecule has 1 aliphatic heterocycles. The standard InChI is InChI=1S/C17H28O2/c18-16(12-14-6-2-3-7-14)15-8-11-19-17(13-15)9-4-1-5-10-17/h14-15H,1-13H2. The summed E-state index contributed by atoms with van der Waals surface area (Å²) in [7, 11) is 0. The quantitative estimate of drug-likeness (QED) is 0.761. The second-order valence-electron chi connectivity index (χ2n) is 7.10. The fourth-order valence-corrected chi connectivity index (χ4v) is 4.51. The zero-order chi connectivity index (χ0) is 13.1. The lowest BCUT2D eigenvalue weighted by atomic mass is 9.74. The van der Waals surface area contributed by atoms with E-state index < -0.39 is 0 Å². The van der Waals surface area contributed by atoms with Crippen LogP contribution < -0.4 is 0 Å². The van der Waals surface area contributed by atoms with Crippen molar-refractivity contribution in [1.82, 2.24) is 0 Å². The van der Waals surface area contributed by atoms with Gasteiger partial charge in [-0.3, -0.25) is 4.79 Å². The molecule has 2 aliphatic carbocycles. The largest absolute Gasteiger partial charge is 0.375 e. The maximum Gasteiger partial charge on any atom is 0.136 e. The monoisotopic (exact) mass is 264 g/mol. The summed E-state index contributed by atoms with van der Waals surface area (Å²) < 4.78 is 6.10. The van der Waals surface area contributed by atoms with Crippen molar-refractivity contribution in [3.63, 3.8) is 0 Å². The van der Waals surface area contributed by atoms with Gasteiger partial charge >= 0.3 is 0 Å². The Morgan fingerprint density at radius 2 is 1.74 bits per heavy atom. The molecular formula is C17H28O2. The molecule has 0 aromatic rings. The Labute approximate surface area is 117 Å². The molecular weight excluding hydrogens is 236 g/mol. The van der Waals surface area contributed by atoms with Crippen LogP contribution in [0.1, 0.15) is 77.0 Å². The van der Waals surface area contributed by atoms with E-state index in [1.54, 1.807) is 0 Å². The molecule has 0 amide bonds. The maximum atomic E-state index is 12.5. The van der Waals surface area contributed by atoms with E-state index in [0.717, 1.165) is 25.9 Å². The summed E-state index contributed by atoms with van der Waals surface area (Å²) in [6.45, 7) is 0.821. The van der Waals surface area contributed by atoms with Crippen LogP contribution in [0.15, 0.2) is 0 Å². The molecule has 2 heteroatoms. The van der Waals surface area contributed by atoms with E-state index in [1.807, 2.05) is 0 Å². The van der Waals surface area contributed by atoms with Gasteiger partial charge in [0.2, 0.25) is 0 Å². The molecule has 3 fully saturated rings. The summed E-state index contributed by atoms with van der Waals surface area (Å²) in [5.74, 6) is 1.57. The first kappa shape index (κ1) is 13.6. The minimum atomic E-state index is 0.0898. The van der Waals surface area contributed by atoms with E-state index >= 15 is 0 Å². The predicted octanol–water partition coefficient (Wildman–Crippen LogP) is 4.27. The molecule has 0 bridgehead atoms. The van der Waals surface area contributed by atoms with Crippen molar-refractivity contribution in [2.75, 3.05) is 6.61 Å². The lowest BCUT2D eigenvalue weighted by Gasteiger charge is -2.43. The molecule has 108 valence electrons. The van der Waals surface area contributed by atoms with E-state index in [4.69, 9.17) is 4.74 Å². The number of carbonyl (C=O) groups excluding carboxylic acids is 1. The zero-order valence-corrected chi connectivity index (χ0v) is 12.2. The van der Waals surface area contributed by atoms with Crippen LogP contribution in [-0.2, 0) is 9.53 Å². The van der Waals surface area contributed by atoms with Gasteiger partial charge in [0.25, 0.3) is 0 Å². The predicted molar refractivity (Wildman–Crippen MR) is 76.1 cm³/mol. The second kappa shape index (κ2) is 5.95. The number of hydrogen-bond acceptors (Lipinski definition) is 2. The van der Waals surface area contributed by atoms with Gasteiger partial charge in [-0.2, -0.15) is 0 Å². The van der Waals surface area contributed by atoms with Crippen molar-refractivity contribution in [2.24, 2.45) is 11.8 Å². The first-order chi connectivity index (χ1) is 9.27. The van der Waals surface area contributed by atoms with Gasteiger partial charge in [-0.05, 0) is 31.6 Å². The smallest absolute Gasteiger partial charge is 0.136 e. The first-order valence-corrected chi connectivity index (χ1v) is 8.44. The molecule has 1 atom stereocenters. The molecule has 1 saturated heterocycles. The molecule has 1 heterocycles. The number of ketones is 1. The van der Waals surface area contributed by atoms with Crippen LogP contribution >= 0.6 is 0 Å². The molecule has 3 aliphatic rings. The van der Waals surface area contributed by atoms with Crippen LogP contribution in [0.2, 0.25) is 0 Å². The Morgan fingerprint density at radius 3 is 2.47 bits per heavy atom. The van der Waals surface area contributed by atoms with Crippen molar-refractivity contribution >= 4 is 5.78 Å². The van der Waals surface area contributed by atoms with Crippen LogP contribution in [0.25, 0.3) is 0 Å². The van der Waals surface area contributed by atoms with Gasteiger partial charge in [-0.1, -0.05) is 44.9 Å². The Balaban J connectivity index is 1.56. The fraction of sp³-hybridized carbons (Fsp3) is 0.941. The SMILES string of the molecule is O=C(CC1CCCC1)C1CCOC2(CCCCC2)C1.